The Hall–Kier alpha value is -2.53. The van der Waals surface area contributed by atoms with Gasteiger partial charge in [0.15, 0.2) is 5.78 Å². The van der Waals surface area contributed by atoms with Gasteiger partial charge in [0, 0.05) is 5.92 Å². The third kappa shape index (κ3) is 5.10. The quantitative estimate of drug-likeness (QED) is 0.469. The van der Waals surface area contributed by atoms with E-state index in [0.717, 1.165) is 11.6 Å². The summed E-state index contributed by atoms with van der Waals surface area (Å²) < 4.78 is 43.8. The van der Waals surface area contributed by atoms with Crippen LogP contribution in [0, 0.1) is 17.3 Å². The predicted octanol–water partition coefficient (Wildman–Crippen LogP) is 7.02. The zero-order valence-corrected chi connectivity index (χ0v) is 16.7. The van der Waals surface area contributed by atoms with Crippen molar-refractivity contribution < 1.29 is 22.7 Å². The van der Waals surface area contributed by atoms with Crippen LogP contribution >= 0.6 is 11.6 Å². The zero-order chi connectivity index (χ0) is 21.2. The van der Waals surface area contributed by atoms with Crippen molar-refractivity contribution in [1.29, 1.82) is 0 Å². The molecule has 0 bridgehead atoms. The topological polar surface area (TPSA) is 26.3 Å². The van der Waals surface area contributed by atoms with Gasteiger partial charge in [0.25, 0.3) is 0 Å². The van der Waals surface area contributed by atoms with Gasteiger partial charge in [-0.15, -0.1) is 0 Å². The lowest BCUT2D eigenvalue weighted by atomic mass is 10.1. The Labute approximate surface area is 172 Å². The molecule has 2 aromatic rings. The summed E-state index contributed by atoms with van der Waals surface area (Å²) in [6.45, 7) is 3.53. The van der Waals surface area contributed by atoms with Crippen LogP contribution in [0.3, 0.4) is 0 Å². The number of rotatable bonds is 6. The van der Waals surface area contributed by atoms with Gasteiger partial charge in [-0.2, -0.15) is 13.2 Å². The zero-order valence-electron chi connectivity index (χ0n) is 15.9. The number of benzene rings is 2. The van der Waals surface area contributed by atoms with Gasteiger partial charge in [0.1, 0.15) is 16.5 Å². The van der Waals surface area contributed by atoms with E-state index in [9.17, 15) is 18.0 Å². The molecule has 6 heteroatoms. The number of alkyl halides is 3. The van der Waals surface area contributed by atoms with Crippen molar-refractivity contribution in [2.45, 2.75) is 20.0 Å². The lowest BCUT2D eigenvalue weighted by Crippen LogP contribution is -2.07. The SMILES string of the molecule is CC1(C)C(/C=C(\Cl)C(F)(F)F)C1C(=O)/C=C/c1cccc(Oc2ccccc2)c1. The number of halogens is 4. The molecule has 0 saturated heterocycles. The number of ketones is 1. The van der Waals surface area contributed by atoms with Crippen molar-refractivity contribution in [2.75, 3.05) is 0 Å². The van der Waals surface area contributed by atoms with Crippen LogP contribution in [-0.4, -0.2) is 12.0 Å². The molecule has 1 aliphatic rings. The molecule has 2 atom stereocenters. The van der Waals surface area contributed by atoms with Crippen molar-refractivity contribution in [1.82, 2.24) is 0 Å². The minimum Gasteiger partial charge on any atom is -0.457 e. The highest BCUT2D eigenvalue weighted by molar-refractivity contribution is 6.30. The van der Waals surface area contributed by atoms with Gasteiger partial charge >= 0.3 is 6.18 Å². The summed E-state index contributed by atoms with van der Waals surface area (Å²) in [7, 11) is 0. The molecule has 0 spiro atoms. The highest BCUT2D eigenvalue weighted by Gasteiger charge is 2.60. The van der Waals surface area contributed by atoms with Crippen LogP contribution < -0.4 is 4.74 Å². The van der Waals surface area contributed by atoms with E-state index in [4.69, 9.17) is 16.3 Å². The Bertz CT molecular complexity index is 946. The predicted molar refractivity (Wildman–Crippen MR) is 108 cm³/mol. The number of hydrogen-bond acceptors (Lipinski definition) is 2. The van der Waals surface area contributed by atoms with Crippen LogP contribution in [0.25, 0.3) is 6.08 Å². The van der Waals surface area contributed by atoms with E-state index >= 15 is 0 Å². The summed E-state index contributed by atoms with van der Waals surface area (Å²) in [5.74, 6) is 0.0216. The molecule has 0 heterocycles. The lowest BCUT2D eigenvalue weighted by molar-refractivity contribution is -0.116. The minimum atomic E-state index is -4.59. The Morgan fingerprint density at radius 2 is 1.72 bits per heavy atom. The molecular weight excluding hydrogens is 401 g/mol. The van der Waals surface area contributed by atoms with Crippen LogP contribution in [-0.2, 0) is 4.79 Å². The number of para-hydroxylation sites is 1. The number of ether oxygens (including phenoxy) is 1. The summed E-state index contributed by atoms with van der Waals surface area (Å²) in [6, 6.07) is 16.5. The molecule has 1 saturated carbocycles. The first-order chi connectivity index (χ1) is 13.6. The van der Waals surface area contributed by atoms with Crippen molar-refractivity contribution in [3.8, 4) is 11.5 Å². The highest BCUT2D eigenvalue weighted by Crippen LogP contribution is 2.60. The Balaban J connectivity index is 1.69. The molecule has 3 rings (SSSR count). The molecule has 1 aliphatic carbocycles. The highest BCUT2D eigenvalue weighted by atomic mass is 35.5. The van der Waals surface area contributed by atoms with Gasteiger partial charge < -0.3 is 4.74 Å². The van der Waals surface area contributed by atoms with E-state index in [2.05, 4.69) is 0 Å². The number of carbonyl (C=O) groups excluding carboxylic acids is 1. The van der Waals surface area contributed by atoms with Crippen LogP contribution in [0.4, 0.5) is 13.2 Å². The molecular formula is C23H20ClF3O2. The maximum atomic E-state index is 12.7. The number of allylic oxidation sites excluding steroid dienone is 3. The molecule has 2 nitrogen and oxygen atoms in total. The van der Waals surface area contributed by atoms with Gasteiger partial charge in [0.2, 0.25) is 0 Å². The molecule has 0 N–H and O–H groups in total. The monoisotopic (exact) mass is 420 g/mol. The second-order valence-electron chi connectivity index (χ2n) is 7.56. The lowest BCUT2D eigenvalue weighted by Gasteiger charge is -2.06. The van der Waals surface area contributed by atoms with Crippen molar-refractivity contribution in [3.63, 3.8) is 0 Å². The Kier molecular flexibility index (Phi) is 5.90. The van der Waals surface area contributed by atoms with Gasteiger partial charge in [0.05, 0.1) is 0 Å². The van der Waals surface area contributed by atoms with Crippen molar-refractivity contribution in [3.05, 3.63) is 77.3 Å². The molecule has 0 aromatic heterocycles. The Morgan fingerprint density at radius 1 is 1.07 bits per heavy atom. The number of carbonyl (C=O) groups is 1. The van der Waals surface area contributed by atoms with Gasteiger partial charge in [-0.3, -0.25) is 4.79 Å². The van der Waals surface area contributed by atoms with E-state index in [1.807, 2.05) is 36.4 Å². The second-order valence-corrected chi connectivity index (χ2v) is 7.97. The summed E-state index contributed by atoms with van der Waals surface area (Å²) in [4.78, 5) is 12.5. The minimum absolute atomic E-state index is 0.225. The van der Waals surface area contributed by atoms with Crippen LogP contribution in [0.5, 0.6) is 11.5 Å². The largest absolute Gasteiger partial charge is 0.457 e. The maximum absolute atomic E-state index is 12.7. The first kappa shape index (κ1) is 21.2. The third-order valence-electron chi connectivity index (χ3n) is 5.09. The first-order valence-corrected chi connectivity index (χ1v) is 9.46. The molecule has 1 fully saturated rings. The Morgan fingerprint density at radius 3 is 2.38 bits per heavy atom. The van der Waals surface area contributed by atoms with E-state index in [1.165, 1.54) is 6.08 Å². The van der Waals surface area contributed by atoms with Crippen molar-refractivity contribution >= 4 is 23.5 Å². The van der Waals surface area contributed by atoms with E-state index in [1.54, 1.807) is 38.1 Å². The molecule has 2 unspecified atom stereocenters. The second kappa shape index (κ2) is 8.07. The first-order valence-electron chi connectivity index (χ1n) is 9.08. The third-order valence-corrected chi connectivity index (χ3v) is 5.43. The van der Waals surface area contributed by atoms with Gasteiger partial charge in [-0.1, -0.05) is 67.9 Å². The molecule has 29 heavy (non-hydrogen) atoms. The molecule has 0 amide bonds. The van der Waals surface area contributed by atoms with E-state index in [0.29, 0.717) is 11.5 Å². The van der Waals surface area contributed by atoms with E-state index in [-0.39, 0.29) is 5.78 Å². The van der Waals surface area contributed by atoms with Gasteiger partial charge in [-0.05, 0) is 47.2 Å². The summed E-state index contributed by atoms with van der Waals surface area (Å²) in [6.07, 6.45) is -0.598. The van der Waals surface area contributed by atoms with Crippen LogP contribution in [0.1, 0.15) is 19.4 Å². The summed E-state index contributed by atoms with van der Waals surface area (Å²) in [5, 5.41) is -1.18. The van der Waals surface area contributed by atoms with E-state index < -0.39 is 28.5 Å². The fourth-order valence-electron chi connectivity index (χ4n) is 3.37. The molecule has 152 valence electrons. The number of hydrogen-bond donors (Lipinski definition) is 0. The standard InChI is InChI=1S/C23H20ClF3O2/c1-22(2)18(14-20(24)23(25,26)27)21(22)19(28)12-11-15-7-6-10-17(13-15)29-16-8-4-3-5-9-16/h3-14,18,21H,1-2H3/b12-11+,20-14-. The normalized spacial score (nSPS) is 21.2. The fourth-order valence-corrected chi connectivity index (χ4v) is 3.51. The molecule has 2 aromatic carbocycles. The van der Waals surface area contributed by atoms with Crippen LogP contribution in [0.15, 0.2) is 71.8 Å². The fraction of sp³-hybridized carbons (Fsp3) is 0.261. The maximum Gasteiger partial charge on any atom is 0.426 e. The average Bonchev–Trinajstić information content (AvgIpc) is 3.20. The summed E-state index contributed by atoms with van der Waals surface area (Å²) >= 11 is 5.34. The molecule has 0 radical (unpaired) electrons. The van der Waals surface area contributed by atoms with Gasteiger partial charge in [-0.25, -0.2) is 0 Å². The molecule has 0 aliphatic heterocycles. The van der Waals surface area contributed by atoms with Crippen molar-refractivity contribution in [2.24, 2.45) is 17.3 Å². The summed E-state index contributed by atoms with van der Waals surface area (Å²) in [5.41, 5.74) is 0.191. The smallest absolute Gasteiger partial charge is 0.426 e. The van der Waals surface area contributed by atoms with Crippen LogP contribution in [0.2, 0.25) is 0 Å². The average molecular weight is 421 g/mol.